The molecule has 6 nitrogen and oxygen atoms in total. The number of rotatable bonds is 5. The third kappa shape index (κ3) is 3.07. The third-order valence-electron chi connectivity index (χ3n) is 5.28. The predicted molar refractivity (Wildman–Crippen MR) is 90.6 cm³/mol. The van der Waals surface area contributed by atoms with Crippen molar-refractivity contribution in [1.29, 1.82) is 0 Å². The molecule has 1 spiro atoms. The Kier molecular flexibility index (Phi) is 4.67. The van der Waals surface area contributed by atoms with Crippen LogP contribution in [0.4, 0.5) is 0 Å². The van der Waals surface area contributed by atoms with Crippen LogP contribution in [0.25, 0.3) is 0 Å². The number of hydrogen-bond donors (Lipinski definition) is 1. The molecular formula is C18H27N3O3. The number of amides is 2. The van der Waals surface area contributed by atoms with E-state index in [4.69, 9.17) is 4.74 Å². The molecule has 0 aromatic carbocycles. The normalized spacial score (nSPS) is 22.0. The summed E-state index contributed by atoms with van der Waals surface area (Å²) in [6, 6.07) is 3.68. The molecule has 1 aromatic heterocycles. The fraction of sp³-hybridized carbons (Fsp3) is 0.667. The number of nitrogens with one attached hydrogen (secondary N) is 1. The first kappa shape index (κ1) is 17.0. The van der Waals surface area contributed by atoms with Crippen molar-refractivity contribution in [3.63, 3.8) is 0 Å². The Hall–Kier alpha value is -1.82. The molecule has 3 heterocycles. The number of likely N-dealkylation sites (tertiary alicyclic amines) is 1. The molecule has 6 heteroatoms. The van der Waals surface area contributed by atoms with Gasteiger partial charge in [0.05, 0.1) is 13.1 Å². The van der Waals surface area contributed by atoms with Crippen LogP contribution in [0.2, 0.25) is 0 Å². The molecule has 132 valence electrons. The van der Waals surface area contributed by atoms with Gasteiger partial charge in [-0.3, -0.25) is 9.59 Å². The Morgan fingerprint density at radius 2 is 2.17 bits per heavy atom. The van der Waals surface area contributed by atoms with E-state index in [2.05, 4.69) is 5.32 Å². The molecule has 0 bridgehead atoms. The highest BCUT2D eigenvalue weighted by Crippen LogP contribution is 2.41. The number of ether oxygens (including phenoxy) is 1. The number of hydrogen-bond acceptors (Lipinski definition) is 3. The second kappa shape index (κ2) is 6.59. The highest BCUT2D eigenvalue weighted by Gasteiger charge is 2.54. The van der Waals surface area contributed by atoms with E-state index in [1.807, 2.05) is 48.7 Å². The van der Waals surface area contributed by atoms with Crippen LogP contribution < -0.4 is 5.32 Å². The second-order valence-corrected chi connectivity index (χ2v) is 7.30. The summed E-state index contributed by atoms with van der Waals surface area (Å²) in [5.74, 6) is 0.599. The number of aromatic nitrogens is 1. The zero-order valence-corrected chi connectivity index (χ0v) is 14.7. The fourth-order valence-electron chi connectivity index (χ4n) is 3.81. The molecule has 0 unspecified atom stereocenters. The smallest absolute Gasteiger partial charge is 0.267 e. The Balaban J connectivity index is 1.48. The monoisotopic (exact) mass is 333 g/mol. The quantitative estimate of drug-likeness (QED) is 0.886. The molecule has 3 rings (SSSR count). The SMILES string of the molecule is CC(C)C(=O)N1CC2(C1)OCC[C@H]2CCNC(=O)c1cccn1C. The van der Waals surface area contributed by atoms with Gasteiger partial charge in [0.15, 0.2) is 0 Å². The topological polar surface area (TPSA) is 63.6 Å². The number of aryl methyl sites for hydroxylation is 1. The zero-order valence-electron chi connectivity index (χ0n) is 14.7. The average Bonchev–Trinajstić information content (AvgIpc) is 3.11. The zero-order chi connectivity index (χ0) is 17.3. The van der Waals surface area contributed by atoms with Gasteiger partial charge in [-0.1, -0.05) is 13.8 Å². The van der Waals surface area contributed by atoms with Crippen molar-refractivity contribution in [1.82, 2.24) is 14.8 Å². The van der Waals surface area contributed by atoms with E-state index in [0.717, 1.165) is 19.4 Å². The summed E-state index contributed by atoms with van der Waals surface area (Å²) in [6.07, 6.45) is 3.76. The standard InChI is InChI=1S/C18H27N3O3/c1-13(2)17(23)21-11-18(12-21)14(7-10-24-18)6-8-19-16(22)15-5-4-9-20(15)3/h4-5,9,13-14H,6-8,10-12H2,1-3H3,(H,19,22)/t14-/m1/s1. The van der Waals surface area contributed by atoms with Gasteiger partial charge in [-0.15, -0.1) is 0 Å². The van der Waals surface area contributed by atoms with Crippen LogP contribution in [0.5, 0.6) is 0 Å². The molecule has 24 heavy (non-hydrogen) atoms. The molecule has 2 fully saturated rings. The molecule has 1 atom stereocenters. The van der Waals surface area contributed by atoms with Gasteiger partial charge in [-0.25, -0.2) is 0 Å². The van der Waals surface area contributed by atoms with Crippen LogP contribution >= 0.6 is 0 Å². The lowest BCUT2D eigenvalue weighted by atomic mass is 9.78. The summed E-state index contributed by atoms with van der Waals surface area (Å²) in [5.41, 5.74) is 0.491. The highest BCUT2D eigenvalue weighted by molar-refractivity contribution is 5.92. The lowest BCUT2D eigenvalue weighted by molar-refractivity contribution is -0.168. The van der Waals surface area contributed by atoms with E-state index in [1.165, 1.54) is 0 Å². The molecule has 1 N–H and O–H groups in total. The van der Waals surface area contributed by atoms with Crippen LogP contribution in [0.3, 0.4) is 0 Å². The van der Waals surface area contributed by atoms with Gasteiger partial charge in [-0.2, -0.15) is 0 Å². The largest absolute Gasteiger partial charge is 0.371 e. The fourth-order valence-corrected chi connectivity index (χ4v) is 3.81. The van der Waals surface area contributed by atoms with Gasteiger partial charge in [0.2, 0.25) is 5.91 Å². The van der Waals surface area contributed by atoms with Crippen molar-refractivity contribution < 1.29 is 14.3 Å². The predicted octanol–water partition coefficient (Wildman–Crippen LogP) is 1.42. The molecule has 2 saturated heterocycles. The minimum Gasteiger partial charge on any atom is -0.371 e. The number of carbonyl (C=O) groups is 2. The molecule has 0 saturated carbocycles. The Morgan fingerprint density at radius 3 is 2.79 bits per heavy atom. The molecule has 2 amide bonds. The van der Waals surface area contributed by atoms with Crippen LogP contribution in [-0.2, 0) is 16.6 Å². The lowest BCUT2D eigenvalue weighted by Gasteiger charge is -2.50. The minimum atomic E-state index is -0.180. The van der Waals surface area contributed by atoms with Gasteiger partial charge in [0.1, 0.15) is 11.3 Å². The third-order valence-corrected chi connectivity index (χ3v) is 5.28. The number of carbonyl (C=O) groups excluding carboxylic acids is 2. The van der Waals surface area contributed by atoms with E-state index >= 15 is 0 Å². The van der Waals surface area contributed by atoms with Crippen molar-refractivity contribution in [2.45, 2.75) is 32.3 Å². The van der Waals surface area contributed by atoms with Crippen LogP contribution in [0, 0.1) is 11.8 Å². The first-order valence-electron chi connectivity index (χ1n) is 8.75. The minimum absolute atomic E-state index is 0.0341. The van der Waals surface area contributed by atoms with E-state index in [0.29, 0.717) is 31.2 Å². The number of nitrogens with zero attached hydrogens (tertiary/aromatic N) is 2. The molecular weight excluding hydrogens is 306 g/mol. The lowest BCUT2D eigenvalue weighted by Crippen LogP contribution is -2.66. The van der Waals surface area contributed by atoms with Crippen molar-refractivity contribution in [3.05, 3.63) is 24.0 Å². The van der Waals surface area contributed by atoms with Gasteiger partial charge < -0.3 is 19.5 Å². The van der Waals surface area contributed by atoms with Gasteiger partial charge in [0, 0.05) is 32.3 Å². The molecule has 0 aliphatic carbocycles. The Labute approximate surface area is 143 Å². The van der Waals surface area contributed by atoms with E-state index in [-0.39, 0.29) is 23.3 Å². The maximum Gasteiger partial charge on any atom is 0.267 e. The average molecular weight is 333 g/mol. The molecule has 2 aliphatic heterocycles. The molecule has 2 aliphatic rings. The summed E-state index contributed by atoms with van der Waals surface area (Å²) in [6.45, 7) is 6.64. The Morgan fingerprint density at radius 1 is 1.42 bits per heavy atom. The van der Waals surface area contributed by atoms with Gasteiger partial charge in [-0.05, 0) is 30.9 Å². The summed E-state index contributed by atoms with van der Waals surface area (Å²) in [7, 11) is 1.86. The maximum absolute atomic E-state index is 12.1. The summed E-state index contributed by atoms with van der Waals surface area (Å²) >= 11 is 0. The van der Waals surface area contributed by atoms with Gasteiger partial charge >= 0.3 is 0 Å². The first-order valence-corrected chi connectivity index (χ1v) is 8.75. The van der Waals surface area contributed by atoms with E-state index < -0.39 is 0 Å². The summed E-state index contributed by atoms with van der Waals surface area (Å²) in [5, 5.41) is 3.00. The summed E-state index contributed by atoms with van der Waals surface area (Å²) < 4.78 is 7.80. The van der Waals surface area contributed by atoms with Crippen molar-refractivity contribution in [2.24, 2.45) is 18.9 Å². The van der Waals surface area contributed by atoms with Crippen molar-refractivity contribution in [3.8, 4) is 0 Å². The van der Waals surface area contributed by atoms with Crippen LogP contribution in [0.1, 0.15) is 37.2 Å². The first-order chi connectivity index (χ1) is 11.4. The molecule has 1 aromatic rings. The van der Waals surface area contributed by atoms with E-state index in [1.54, 1.807) is 0 Å². The van der Waals surface area contributed by atoms with Crippen LogP contribution in [0.15, 0.2) is 18.3 Å². The van der Waals surface area contributed by atoms with E-state index in [9.17, 15) is 9.59 Å². The van der Waals surface area contributed by atoms with Crippen molar-refractivity contribution in [2.75, 3.05) is 26.2 Å². The molecule has 0 radical (unpaired) electrons. The second-order valence-electron chi connectivity index (χ2n) is 7.30. The highest BCUT2D eigenvalue weighted by atomic mass is 16.5. The Bertz CT molecular complexity index is 617. The maximum atomic E-state index is 12.1. The summed E-state index contributed by atoms with van der Waals surface area (Å²) in [4.78, 5) is 26.1. The van der Waals surface area contributed by atoms with Crippen LogP contribution in [-0.4, -0.2) is 53.1 Å². The van der Waals surface area contributed by atoms with Crippen molar-refractivity contribution >= 4 is 11.8 Å². The van der Waals surface area contributed by atoms with Gasteiger partial charge in [0.25, 0.3) is 5.91 Å².